The van der Waals surface area contributed by atoms with E-state index in [1.807, 2.05) is 121 Å². The molecular weight excluding hydrogens is 704 g/mol. The molecule has 0 saturated carbocycles. The SMILES string of the molecule is [O-][Cl+3]([O-])([O-])O[Te]1=C(c2ccccc2)C=C(/C=C/C=C2C=C(c3ccccc3)SC(c3ccccc3)=C2)C=C1c1ccccc1. The Morgan fingerprint density at radius 1 is 0.568 bits per heavy atom. The van der Waals surface area contributed by atoms with Gasteiger partial charge in [-0.1, -0.05) is 12.1 Å². The fraction of sp³-hybridized carbons (Fsp3) is 0. The molecule has 0 saturated heterocycles. The van der Waals surface area contributed by atoms with Crippen LogP contribution in [0.3, 0.4) is 0 Å². The van der Waals surface area contributed by atoms with Gasteiger partial charge in [0.1, 0.15) is 0 Å². The number of hydrogen-bond acceptors (Lipinski definition) is 5. The van der Waals surface area contributed by atoms with Crippen molar-refractivity contribution in [3.05, 3.63) is 197 Å². The maximum atomic E-state index is 11.9. The zero-order valence-corrected chi connectivity index (χ0v) is 27.3. The predicted octanol–water partition coefficient (Wildman–Crippen LogP) is 5.57. The van der Waals surface area contributed by atoms with E-state index in [0.717, 1.165) is 40.6 Å². The van der Waals surface area contributed by atoms with E-state index in [-0.39, 0.29) is 0 Å². The van der Waals surface area contributed by atoms with Crippen LogP contribution in [0.15, 0.2) is 175 Å². The Kier molecular flexibility index (Phi) is 9.73. The van der Waals surface area contributed by atoms with Gasteiger partial charge in [-0.25, -0.2) is 0 Å². The van der Waals surface area contributed by atoms with Gasteiger partial charge in [-0.2, -0.15) is 0 Å². The minimum absolute atomic E-state index is 0.751. The Hall–Kier alpha value is -3.54. The van der Waals surface area contributed by atoms with Crippen molar-refractivity contribution < 1.29 is 26.9 Å². The van der Waals surface area contributed by atoms with E-state index in [1.165, 1.54) is 9.81 Å². The van der Waals surface area contributed by atoms with Crippen LogP contribution in [-0.2, 0) is 2.65 Å². The van der Waals surface area contributed by atoms with Crippen molar-refractivity contribution in [2.24, 2.45) is 0 Å². The van der Waals surface area contributed by atoms with Gasteiger partial charge in [-0.15, -0.1) is 0 Å². The summed E-state index contributed by atoms with van der Waals surface area (Å²) in [7, 11) is -4.61. The van der Waals surface area contributed by atoms with Crippen molar-refractivity contribution in [2.45, 2.75) is 0 Å². The zero-order chi connectivity index (χ0) is 30.4. The number of halogens is 1. The molecule has 4 aromatic carbocycles. The summed E-state index contributed by atoms with van der Waals surface area (Å²) in [5.74, 6) is 0. The topological polar surface area (TPSA) is 78.4 Å². The van der Waals surface area contributed by atoms with Gasteiger partial charge >= 0.3 is 260 Å². The second-order valence-electron chi connectivity index (χ2n) is 9.84. The molecule has 2 aliphatic rings. The van der Waals surface area contributed by atoms with Crippen molar-refractivity contribution in [1.29, 1.82) is 0 Å². The van der Waals surface area contributed by atoms with Gasteiger partial charge in [0.15, 0.2) is 0 Å². The van der Waals surface area contributed by atoms with Crippen LogP contribution in [0.1, 0.15) is 22.3 Å². The summed E-state index contributed by atoms with van der Waals surface area (Å²) in [6, 6.07) is 39.8. The number of thioether (sulfide) groups is 1. The van der Waals surface area contributed by atoms with Gasteiger partial charge in [0.25, 0.3) is 0 Å². The quantitative estimate of drug-likeness (QED) is 0.222. The molecule has 7 heteroatoms. The molecule has 0 fully saturated rings. The van der Waals surface area contributed by atoms with Crippen LogP contribution in [0, 0.1) is 10.2 Å². The summed E-state index contributed by atoms with van der Waals surface area (Å²) in [5, 5.41) is 0. The van der Waals surface area contributed by atoms with Gasteiger partial charge < -0.3 is 0 Å². The average molecular weight is 731 g/mol. The molecule has 0 amide bonds. The number of benzene rings is 4. The van der Waals surface area contributed by atoms with Gasteiger partial charge in [-0.05, 0) is 0 Å². The molecule has 4 aromatic rings. The molecule has 2 aliphatic heterocycles. The molecule has 0 unspecified atom stereocenters. The van der Waals surface area contributed by atoms with E-state index < -0.39 is 29.7 Å². The molecule has 0 spiro atoms. The van der Waals surface area contributed by atoms with Crippen molar-refractivity contribution in [3.8, 4) is 0 Å². The molecule has 0 radical (unpaired) electrons. The number of rotatable bonds is 8. The first-order valence-electron chi connectivity index (χ1n) is 13.8. The van der Waals surface area contributed by atoms with E-state index in [9.17, 15) is 14.0 Å². The second kappa shape index (κ2) is 14.0. The molecule has 0 bridgehead atoms. The Labute approximate surface area is 270 Å². The molecular formula is C37H27ClO4STe. The molecule has 44 heavy (non-hydrogen) atoms. The Balaban J connectivity index is 1.42. The summed E-state index contributed by atoms with van der Waals surface area (Å²) in [6.45, 7) is 0. The molecule has 0 atom stereocenters. The molecule has 2 heterocycles. The molecule has 0 aliphatic carbocycles. The fourth-order valence-corrected chi connectivity index (χ4v) is 12.7. The third kappa shape index (κ3) is 7.75. The third-order valence-corrected chi connectivity index (χ3v) is 14.9. The first-order chi connectivity index (χ1) is 21.4. The van der Waals surface area contributed by atoms with E-state index in [4.69, 9.17) is 2.65 Å². The van der Waals surface area contributed by atoms with E-state index in [1.54, 1.807) is 11.8 Å². The molecule has 6 rings (SSSR count). The van der Waals surface area contributed by atoms with Crippen LogP contribution < -0.4 is 14.0 Å². The second-order valence-corrected chi connectivity index (χ2v) is 16.9. The van der Waals surface area contributed by atoms with Gasteiger partial charge in [0.05, 0.1) is 0 Å². The van der Waals surface area contributed by atoms with Crippen molar-refractivity contribution in [3.63, 3.8) is 0 Å². The van der Waals surface area contributed by atoms with E-state index >= 15 is 0 Å². The van der Waals surface area contributed by atoms with Crippen LogP contribution in [0.4, 0.5) is 0 Å². The number of hydrogen-bond donors (Lipinski definition) is 0. The van der Waals surface area contributed by atoms with E-state index in [0.29, 0.717) is 0 Å². The summed E-state index contributed by atoms with van der Waals surface area (Å²) in [5.41, 5.74) is 5.93. The normalized spacial score (nSPS) is 15.9. The molecule has 0 aromatic heterocycles. The Morgan fingerprint density at radius 2 is 1.05 bits per heavy atom. The summed E-state index contributed by atoms with van der Waals surface area (Å²) in [4.78, 5) is 2.33. The van der Waals surface area contributed by atoms with Crippen molar-refractivity contribution in [1.82, 2.24) is 0 Å². The first-order valence-corrected chi connectivity index (χ1v) is 19.1. The zero-order valence-electron chi connectivity index (χ0n) is 23.4. The summed E-state index contributed by atoms with van der Waals surface area (Å²) >= 11 is -1.56. The van der Waals surface area contributed by atoms with E-state index in [2.05, 4.69) is 42.5 Å². The van der Waals surface area contributed by atoms with Gasteiger partial charge in [0.2, 0.25) is 0 Å². The Bertz CT molecular complexity index is 1800. The van der Waals surface area contributed by atoms with Crippen LogP contribution >= 0.6 is 11.8 Å². The Morgan fingerprint density at radius 3 is 1.55 bits per heavy atom. The van der Waals surface area contributed by atoms with Crippen LogP contribution in [0.2, 0.25) is 0 Å². The average Bonchev–Trinajstić information content (AvgIpc) is 3.06. The molecule has 4 nitrogen and oxygen atoms in total. The van der Waals surface area contributed by atoms with Gasteiger partial charge in [0, 0.05) is 0 Å². The summed E-state index contributed by atoms with van der Waals surface area (Å²) < 4.78 is 42.5. The van der Waals surface area contributed by atoms with Crippen molar-refractivity contribution >= 4 is 48.2 Å². The minimum atomic E-state index is -4.61. The first kappa shape index (κ1) is 30.5. The van der Waals surface area contributed by atoms with Crippen LogP contribution in [0.25, 0.3) is 13.4 Å². The van der Waals surface area contributed by atoms with Crippen LogP contribution in [0.5, 0.6) is 0 Å². The molecule has 0 N–H and O–H groups in total. The molecule has 218 valence electrons. The standard InChI is InChI=1S/C37H27ClO4STe/c39-38(40,41)42-44-36(32-20-9-3-10-21-32)26-29(27-37(44)33-22-11-4-12-23-33)15-13-14-28-24-34(30-16-5-1-6-17-30)43-35(25-28)31-18-7-2-8-19-31/h1-27H/b15-13+. The monoisotopic (exact) mass is 732 g/mol. The number of allylic oxidation sites excluding steroid dienone is 9. The third-order valence-electron chi connectivity index (χ3n) is 6.76. The predicted molar refractivity (Wildman–Crippen MR) is 174 cm³/mol. The summed E-state index contributed by atoms with van der Waals surface area (Å²) in [6.07, 6.45) is 14.4. The van der Waals surface area contributed by atoms with Gasteiger partial charge in [-0.3, -0.25) is 0 Å². The maximum absolute atomic E-state index is 11.9. The fourth-order valence-electron chi connectivity index (χ4n) is 4.77. The van der Waals surface area contributed by atoms with Crippen molar-refractivity contribution in [2.75, 3.05) is 0 Å². The van der Waals surface area contributed by atoms with Crippen LogP contribution in [-0.4, -0.2) is 23.0 Å².